The maximum absolute atomic E-state index is 12.5. The minimum absolute atomic E-state index is 0.233. The van der Waals surface area contributed by atoms with E-state index in [1.807, 2.05) is 43.3 Å². The summed E-state index contributed by atoms with van der Waals surface area (Å²) in [6.45, 7) is 1.85. The first kappa shape index (κ1) is 16.7. The van der Waals surface area contributed by atoms with Crippen molar-refractivity contribution in [2.24, 2.45) is 0 Å². The molecule has 3 aromatic rings. The fourth-order valence-corrected chi connectivity index (χ4v) is 2.81. The number of nitrogens with zero attached hydrogens (tertiary/aromatic N) is 1. The molecule has 4 nitrogen and oxygen atoms in total. The van der Waals surface area contributed by atoms with Crippen molar-refractivity contribution in [1.82, 2.24) is 4.98 Å². The Morgan fingerprint density at radius 2 is 1.72 bits per heavy atom. The van der Waals surface area contributed by atoms with Crippen molar-refractivity contribution in [1.29, 1.82) is 0 Å². The minimum Gasteiger partial charge on any atom is -0.383 e. The van der Waals surface area contributed by atoms with Gasteiger partial charge in [-0.05, 0) is 54.7 Å². The number of nitrogen functional groups attached to an aromatic ring is 1. The summed E-state index contributed by atoms with van der Waals surface area (Å²) in [6.07, 6.45) is 3.49. The summed E-state index contributed by atoms with van der Waals surface area (Å²) < 4.78 is 0. The second-order valence-electron chi connectivity index (χ2n) is 6.03. The van der Waals surface area contributed by atoms with Gasteiger partial charge < -0.3 is 11.1 Å². The van der Waals surface area contributed by atoms with Crippen molar-refractivity contribution in [3.8, 4) is 0 Å². The second-order valence-corrected chi connectivity index (χ2v) is 6.03. The predicted octanol–water partition coefficient (Wildman–Crippen LogP) is 4.01. The van der Waals surface area contributed by atoms with E-state index in [9.17, 15) is 4.79 Å². The molecule has 0 bridgehead atoms. The highest BCUT2D eigenvalue weighted by Gasteiger charge is 2.14. The van der Waals surface area contributed by atoms with Crippen LogP contribution in [0.5, 0.6) is 0 Å². The summed E-state index contributed by atoms with van der Waals surface area (Å²) in [4.78, 5) is 16.5. The van der Waals surface area contributed by atoms with Crippen LogP contribution in [0.4, 0.5) is 11.5 Å². The molecular weight excluding hydrogens is 310 g/mol. The average Bonchev–Trinajstić information content (AvgIpc) is 2.61. The molecule has 0 unspecified atom stereocenters. The van der Waals surface area contributed by atoms with Crippen LogP contribution in [0.1, 0.15) is 27.0 Å². The van der Waals surface area contributed by atoms with Gasteiger partial charge in [-0.3, -0.25) is 4.79 Å². The molecule has 1 aromatic heterocycles. The van der Waals surface area contributed by atoms with Gasteiger partial charge in [-0.1, -0.05) is 42.5 Å². The number of pyridine rings is 1. The van der Waals surface area contributed by atoms with Gasteiger partial charge in [-0.2, -0.15) is 0 Å². The number of carbonyl (C=O) groups is 1. The lowest BCUT2D eigenvalue weighted by Gasteiger charge is -2.10. The lowest BCUT2D eigenvalue weighted by atomic mass is 10.0. The number of carbonyl (C=O) groups excluding carboxylic acids is 1. The predicted molar refractivity (Wildman–Crippen MR) is 102 cm³/mol. The van der Waals surface area contributed by atoms with Gasteiger partial charge in [0.2, 0.25) is 0 Å². The standard InChI is InChI=1S/C21H21N3O/c1-15-12-13-23-20(22)19(15)21(25)24-18-9-5-8-17(14-18)11-10-16-6-3-2-4-7-16/h2-9,12-14H,10-11H2,1H3,(H2,22,23)(H,24,25). The van der Waals surface area contributed by atoms with Crippen LogP contribution < -0.4 is 11.1 Å². The molecule has 3 N–H and O–H groups in total. The third kappa shape index (κ3) is 4.23. The summed E-state index contributed by atoms with van der Waals surface area (Å²) in [5.74, 6) is 0.0149. The van der Waals surface area contributed by atoms with E-state index in [0.717, 1.165) is 24.1 Å². The van der Waals surface area contributed by atoms with Crippen LogP contribution in [0.2, 0.25) is 0 Å². The molecule has 0 aliphatic rings. The van der Waals surface area contributed by atoms with E-state index in [1.165, 1.54) is 11.1 Å². The fraction of sp³-hybridized carbons (Fsp3) is 0.143. The molecule has 25 heavy (non-hydrogen) atoms. The number of hydrogen-bond donors (Lipinski definition) is 2. The normalized spacial score (nSPS) is 10.4. The maximum atomic E-state index is 12.5. The van der Waals surface area contributed by atoms with Gasteiger partial charge >= 0.3 is 0 Å². The number of hydrogen-bond acceptors (Lipinski definition) is 3. The highest BCUT2D eigenvalue weighted by Crippen LogP contribution is 2.18. The first-order chi connectivity index (χ1) is 12.1. The quantitative estimate of drug-likeness (QED) is 0.742. The van der Waals surface area contributed by atoms with Crippen molar-refractivity contribution in [3.05, 3.63) is 89.1 Å². The molecule has 0 saturated heterocycles. The molecule has 1 heterocycles. The lowest BCUT2D eigenvalue weighted by Crippen LogP contribution is -2.16. The van der Waals surface area contributed by atoms with E-state index in [2.05, 4.69) is 28.5 Å². The number of rotatable bonds is 5. The van der Waals surface area contributed by atoms with Gasteiger partial charge in [-0.15, -0.1) is 0 Å². The molecule has 126 valence electrons. The first-order valence-electron chi connectivity index (χ1n) is 8.29. The van der Waals surface area contributed by atoms with Crippen LogP contribution >= 0.6 is 0 Å². The maximum Gasteiger partial charge on any atom is 0.259 e. The molecule has 0 aliphatic carbocycles. The summed E-state index contributed by atoms with van der Waals surface area (Å²) in [6, 6.07) is 20.1. The number of aryl methyl sites for hydroxylation is 3. The highest BCUT2D eigenvalue weighted by molar-refractivity contribution is 6.08. The lowest BCUT2D eigenvalue weighted by molar-refractivity contribution is 0.102. The van der Waals surface area contributed by atoms with E-state index < -0.39 is 0 Å². The molecule has 0 fully saturated rings. The number of aromatic nitrogens is 1. The summed E-state index contributed by atoms with van der Waals surface area (Å²) in [7, 11) is 0. The SMILES string of the molecule is Cc1ccnc(N)c1C(=O)Nc1cccc(CCc2ccccc2)c1. The smallest absolute Gasteiger partial charge is 0.259 e. The van der Waals surface area contributed by atoms with E-state index in [4.69, 9.17) is 5.73 Å². The zero-order valence-corrected chi connectivity index (χ0v) is 14.2. The number of anilines is 2. The molecule has 0 saturated carbocycles. The number of nitrogens with one attached hydrogen (secondary N) is 1. The Balaban J connectivity index is 1.70. The molecule has 1 amide bonds. The molecule has 0 radical (unpaired) electrons. The monoisotopic (exact) mass is 331 g/mol. The number of amides is 1. The Hall–Kier alpha value is -3.14. The highest BCUT2D eigenvalue weighted by atomic mass is 16.1. The molecular formula is C21H21N3O. The molecule has 0 atom stereocenters. The van der Waals surface area contributed by atoms with Crippen LogP contribution in [0, 0.1) is 6.92 Å². The Morgan fingerprint density at radius 1 is 1.00 bits per heavy atom. The topological polar surface area (TPSA) is 68.0 Å². The van der Waals surface area contributed by atoms with E-state index in [1.54, 1.807) is 12.3 Å². The minimum atomic E-state index is -0.233. The van der Waals surface area contributed by atoms with Crippen molar-refractivity contribution >= 4 is 17.4 Å². The zero-order chi connectivity index (χ0) is 17.6. The van der Waals surface area contributed by atoms with Gasteiger partial charge in [0.05, 0.1) is 5.56 Å². The number of nitrogens with two attached hydrogens (primary N) is 1. The molecule has 0 aliphatic heterocycles. The van der Waals surface area contributed by atoms with Crippen molar-refractivity contribution < 1.29 is 4.79 Å². The van der Waals surface area contributed by atoms with E-state index in [-0.39, 0.29) is 11.7 Å². The van der Waals surface area contributed by atoms with Crippen LogP contribution in [-0.4, -0.2) is 10.9 Å². The van der Waals surface area contributed by atoms with Crippen molar-refractivity contribution in [3.63, 3.8) is 0 Å². The van der Waals surface area contributed by atoms with E-state index >= 15 is 0 Å². The largest absolute Gasteiger partial charge is 0.383 e. The van der Waals surface area contributed by atoms with Gasteiger partial charge in [0, 0.05) is 11.9 Å². The van der Waals surface area contributed by atoms with E-state index in [0.29, 0.717) is 5.56 Å². The van der Waals surface area contributed by atoms with Crippen LogP contribution in [-0.2, 0) is 12.8 Å². The Labute approximate surface area is 147 Å². The summed E-state index contributed by atoms with van der Waals surface area (Å²) >= 11 is 0. The second kappa shape index (κ2) is 7.62. The summed E-state index contributed by atoms with van der Waals surface area (Å²) in [5, 5.41) is 2.92. The Kier molecular flexibility index (Phi) is 5.09. The molecule has 3 rings (SSSR count). The Bertz CT molecular complexity index is 855. The van der Waals surface area contributed by atoms with Gasteiger partial charge in [0.1, 0.15) is 5.82 Å². The van der Waals surface area contributed by atoms with Crippen LogP contribution in [0.15, 0.2) is 66.9 Å². The molecule has 0 spiro atoms. The van der Waals surface area contributed by atoms with Crippen molar-refractivity contribution in [2.75, 3.05) is 11.1 Å². The molecule has 2 aromatic carbocycles. The third-order valence-electron chi connectivity index (χ3n) is 4.15. The first-order valence-corrected chi connectivity index (χ1v) is 8.29. The van der Waals surface area contributed by atoms with Crippen LogP contribution in [0.25, 0.3) is 0 Å². The van der Waals surface area contributed by atoms with Gasteiger partial charge in [0.15, 0.2) is 0 Å². The van der Waals surface area contributed by atoms with Crippen LogP contribution in [0.3, 0.4) is 0 Å². The third-order valence-corrected chi connectivity index (χ3v) is 4.15. The average molecular weight is 331 g/mol. The van der Waals surface area contributed by atoms with Crippen molar-refractivity contribution in [2.45, 2.75) is 19.8 Å². The number of benzene rings is 2. The zero-order valence-electron chi connectivity index (χ0n) is 14.2. The van der Waals surface area contributed by atoms with Gasteiger partial charge in [0.25, 0.3) is 5.91 Å². The van der Waals surface area contributed by atoms with Gasteiger partial charge in [-0.25, -0.2) is 4.98 Å². The molecule has 4 heteroatoms. The summed E-state index contributed by atoms with van der Waals surface area (Å²) in [5.41, 5.74) is 10.3. The fourth-order valence-electron chi connectivity index (χ4n) is 2.81. The Morgan fingerprint density at radius 3 is 2.48 bits per heavy atom.